The smallest absolute Gasteiger partial charge is 0.0593 e. The van der Waals surface area contributed by atoms with Crippen molar-refractivity contribution in [3.8, 4) is 0 Å². The maximum Gasteiger partial charge on any atom is 0.0593 e. The molecular weight excluding hydrogens is 188 g/mol. The quantitative estimate of drug-likeness (QED) is 0.536. The highest BCUT2D eigenvalue weighted by Gasteiger charge is 2.02. The fourth-order valence-corrected chi connectivity index (χ4v) is 1.51. The second-order valence-electron chi connectivity index (χ2n) is 3.95. The van der Waals surface area contributed by atoms with Crippen molar-refractivity contribution < 1.29 is 4.74 Å². The Hall–Kier alpha value is -0.120. The van der Waals surface area contributed by atoms with Crippen molar-refractivity contribution in [1.29, 1.82) is 0 Å². The zero-order valence-corrected chi connectivity index (χ0v) is 10.5. The van der Waals surface area contributed by atoms with Crippen molar-refractivity contribution in [1.82, 2.24) is 4.90 Å². The van der Waals surface area contributed by atoms with E-state index in [1.54, 1.807) is 0 Å². The van der Waals surface area contributed by atoms with Crippen molar-refractivity contribution in [3.05, 3.63) is 0 Å². The molecule has 0 spiro atoms. The zero-order chi connectivity index (χ0) is 11.4. The third-order valence-electron chi connectivity index (χ3n) is 2.41. The second kappa shape index (κ2) is 12.0. The van der Waals surface area contributed by atoms with Crippen molar-refractivity contribution >= 4 is 0 Å². The van der Waals surface area contributed by atoms with Crippen molar-refractivity contribution in [2.45, 2.75) is 39.5 Å². The summed E-state index contributed by atoms with van der Waals surface area (Å²) < 4.78 is 5.56. The first-order chi connectivity index (χ1) is 7.35. The van der Waals surface area contributed by atoms with Gasteiger partial charge in [0.2, 0.25) is 0 Å². The van der Waals surface area contributed by atoms with Gasteiger partial charge in [-0.15, -0.1) is 0 Å². The maximum absolute atomic E-state index is 5.56. The lowest BCUT2D eigenvalue weighted by Gasteiger charge is -2.21. The van der Waals surface area contributed by atoms with Crippen LogP contribution in [0.1, 0.15) is 39.5 Å². The monoisotopic (exact) mass is 216 g/mol. The van der Waals surface area contributed by atoms with Crippen molar-refractivity contribution in [3.63, 3.8) is 0 Å². The van der Waals surface area contributed by atoms with Crippen LogP contribution in [0, 0.1) is 0 Å². The van der Waals surface area contributed by atoms with E-state index in [-0.39, 0.29) is 0 Å². The molecule has 0 aromatic rings. The number of nitrogens with two attached hydrogens (primary N) is 1. The van der Waals surface area contributed by atoms with Gasteiger partial charge in [-0.3, -0.25) is 0 Å². The van der Waals surface area contributed by atoms with Crippen LogP contribution in [-0.4, -0.2) is 44.3 Å². The molecule has 0 amide bonds. The van der Waals surface area contributed by atoms with Crippen LogP contribution in [0.5, 0.6) is 0 Å². The molecule has 2 N–H and O–H groups in total. The number of hydrogen-bond acceptors (Lipinski definition) is 3. The first kappa shape index (κ1) is 14.9. The van der Waals surface area contributed by atoms with E-state index in [4.69, 9.17) is 10.5 Å². The molecule has 0 radical (unpaired) electrons. The van der Waals surface area contributed by atoms with Crippen LogP contribution < -0.4 is 5.73 Å². The average Bonchev–Trinajstić information content (AvgIpc) is 2.25. The fraction of sp³-hybridized carbons (Fsp3) is 1.00. The molecule has 0 unspecified atom stereocenters. The molecule has 3 nitrogen and oxygen atoms in total. The highest BCUT2D eigenvalue weighted by Crippen LogP contribution is 1.95. The molecule has 0 fully saturated rings. The first-order valence-electron chi connectivity index (χ1n) is 6.35. The van der Waals surface area contributed by atoms with E-state index < -0.39 is 0 Å². The summed E-state index contributed by atoms with van der Waals surface area (Å²) in [6.07, 6.45) is 4.69. The molecule has 92 valence electrons. The van der Waals surface area contributed by atoms with Crippen LogP contribution in [0.4, 0.5) is 0 Å². The predicted molar refractivity (Wildman–Crippen MR) is 66.1 cm³/mol. The molecule has 15 heavy (non-hydrogen) atoms. The van der Waals surface area contributed by atoms with Crippen LogP contribution in [-0.2, 0) is 4.74 Å². The molecule has 0 atom stereocenters. The third-order valence-corrected chi connectivity index (χ3v) is 2.41. The van der Waals surface area contributed by atoms with E-state index in [1.807, 2.05) is 0 Å². The van der Waals surface area contributed by atoms with Gasteiger partial charge in [-0.05, 0) is 38.9 Å². The van der Waals surface area contributed by atoms with Gasteiger partial charge in [0.15, 0.2) is 0 Å². The maximum atomic E-state index is 5.56. The first-order valence-corrected chi connectivity index (χ1v) is 6.35. The van der Waals surface area contributed by atoms with Gasteiger partial charge in [0.1, 0.15) is 0 Å². The molecule has 0 bridgehead atoms. The van der Waals surface area contributed by atoms with Crippen molar-refractivity contribution in [2.24, 2.45) is 5.73 Å². The summed E-state index contributed by atoms with van der Waals surface area (Å²) in [5, 5.41) is 0. The topological polar surface area (TPSA) is 38.5 Å². The highest BCUT2D eigenvalue weighted by atomic mass is 16.5. The van der Waals surface area contributed by atoms with E-state index in [9.17, 15) is 0 Å². The Balaban J connectivity index is 3.38. The summed E-state index contributed by atoms with van der Waals surface area (Å²) in [4.78, 5) is 2.44. The summed E-state index contributed by atoms with van der Waals surface area (Å²) in [6.45, 7) is 10.3. The molecule has 3 heteroatoms. The molecular formula is C12H28N2O. The lowest BCUT2D eigenvalue weighted by molar-refractivity contribution is 0.101. The Kier molecular flexibility index (Phi) is 11.9. The Morgan fingerprint density at radius 2 is 1.73 bits per heavy atom. The number of nitrogens with zero attached hydrogens (tertiary/aromatic N) is 1. The predicted octanol–water partition coefficient (Wildman–Crippen LogP) is 1.86. The molecule has 0 aromatic carbocycles. The van der Waals surface area contributed by atoms with Gasteiger partial charge in [-0.1, -0.05) is 20.3 Å². The lowest BCUT2D eigenvalue weighted by Crippen LogP contribution is -2.30. The number of unbranched alkanes of at least 4 members (excludes halogenated alkanes) is 1. The molecule has 0 aliphatic rings. The van der Waals surface area contributed by atoms with Gasteiger partial charge < -0.3 is 15.4 Å². The number of hydrogen-bond donors (Lipinski definition) is 1. The second-order valence-corrected chi connectivity index (χ2v) is 3.95. The van der Waals surface area contributed by atoms with Crippen LogP contribution in [0.3, 0.4) is 0 Å². The molecule has 0 rings (SSSR count). The molecule has 0 saturated heterocycles. The third kappa shape index (κ3) is 10.2. The molecule has 0 aromatic heterocycles. The number of rotatable bonds is 11. The molecule has 0 heterocycles. The Labute approximate surface area is 95.0 Å². The highest BCUT2D eigenvalue weighted by molar-refractivity contribution is 4.57. The summed E-state index contributed by atoms with van der Waals surface area (Å²) in [7, 11) is 0. The largest absolute Gasteiger partial charge is 0.380 e. The summed E-state index contributed by atoms with van der Waals surface area (Å²) >= 11 is 0. The normalized spacial score (nSPS) is 11.2. The zero-order valence-electron chi connectivity index (χ0n) is 10.5. The SMILES string of the molecule is CCCCOCCN(CCC)CCCN. The molecule has 0 aliphatic heterocycles. The van der Waals surface area contributed by atoms with Crippen LogP contribution in [0.2, 0.25) is 0 Å². The van der Waals surface area contributed by atoms with E-state index in [0.717, 1.165) is 45.8 Å². The van der Waals surface area contributed by atoms with Gasteiger partial charge >= 0.3 is 0 Å². The minimum Gasteiger partial charge on any atom is -0.380 e. The minimum absolute atomic E-state index is 0.789. The van der Waals surface area contributed by atoms with E-state index in [0.29, 0.717) is 0 Å². The van der Waals surface area contributed by atoms with E-state index in [2.05, 4.69) is 18.7 Å². The summed E-state index contributed by atoms with van der Waals surface area (Å²) in [5.74, 6) is 0. The van der Waals surface area contributed by atoms with E-state index >= 15 is 0 Å². The standard InChI is InChI=1S/C12H28N2O/c1-3-5-11-15-12-10-14(8-4-2)9-6-7-13/h3-13H2,1-2H3. The minimum atomic E-state index is 0.789. The van der Waals surface area contributed by atoms with Crippen molar-refractivity contribution in [2.75, 3.05) is 39.4 Å². The lowest BCUT2D eigenvalue weighted by atomic mass is 10.3. The Bertz CT molecular complexity index is 120. The van der Waals surface area contributed by atoms with Gasteiger partial charge in [-0.25, -0.2) is 0 Å². The van der Waals surface area contributed by atoms with Gasteiger partial charge in [0.05, 0.1) is 6.61 Å². The van der Waals surface area contributed by atoms with Gasteiger partial charge in [0.25, 0.3) is 0 Å². The fourth-order valence-electron chi connectivity index (χ4n) is 1.51. The Morgan fingerprint density at radius 1 is 0.933 bits per heavy atom. The summed E-state index contributed by atoms with van der Waals surface area (Å²) in [6, 6.07) is 0. The van der Waals surface area contributed by atoms with Gasteiger partial charge in [-0.2, -0.15) is 0 Å². The van der Waals surface area contributed by atoms with Gasteiger partial charge in [0, 0.05) is 13.2 Å². The van der Waals surface area contributed by atoms with E-state index in [1.165, 1.54) is 19.3 Å². The van der Waals surface area contributed by atoms with Crippen LogP contribution in [0.15, 0.2) is 0 Å². The summed E-state index contributed by atoms with van der Waals surface area (Å²) in [5.41, 5.74) is 5.51. The van der Waals surface area contributed by atoms with Crippen LogP contribution >= 0.6 is 0 Å². The molecule has 0 saturated carbocycles. The van der Waals surface area contributed by atoms with Crippen LogP contribution in [0.25, 0.3) is 0 Å². The average molecular weight is 216 g/mol. The Morgan fingerprint density at radius 3 is 2.33 bits per heavy atom. The number of ether oxygens (including phenoxy) is 1. The molecule has 0 aliphatic carbocycles.